The molecular formula is C22H23F5N2O4. The summed E-state index contributed by atoms with van der Waals surface area (Å²) in [6.07, 6.45) is -3.27. The van der Waals surface area contributed by atoms with Crippen molar-refractivity contribution in [1.29, 1.82) is 0 Å². The van der Waals surface area contributed by atoms with Crippen molar-refractivity contribution in [2.24, 2.45) is 5.73 Å². The van der Waals surface area contributed by atoms with E-state index in [2.05, 4.69) is 0 Å². The highest BCUT2D eigenvalue weighted by molar-refractivity contribution is 5.94. The maximum Gasteiger partial charge on any atom is 0.490 e. The topological polar surface area (TPSA) is 92.9 Å². The maximum atomic E-state index is 13.7. The van der Waals surface area contributed by atoms with Crippen LogP contribution in [0.15, 0.2) is 42.5 Å². The molecule has 0 unspecified atom stereocenters. The molecule has 1 aliphatic rings. The van der Waals surface area contributed by atoms with Crippen molar-refractivity contribution in [3.05, 3.63) is 65.2 Å². The van der Waals surface area contributed by atoms with Crippen molar-refractivity contribution >= 4 is 11.9 Å². The Bertz CT molecular complexity index is 943. The van der Waals surface area contributed by atoms with Crippen molar-refractivity contribution in [1.82, 2.24) is 4.90 Å². The number of carboxylic acids is 1. The second-order valence-corrected chi connectivity index (χ2v) is 7.22. The number of nitrogens with zero attached hydrogens (tertiary/aromatic N) is 1. The first-order chi connectivity index (χ1) is 15.5. The third-order valence-corrected chi connectivity index (χ3v) is 4.79. The predicted molar refractivity (Wildman–Crippen MR) is 109 cm³/mol. The largest absolute Gasteiger partial charge is 0.490 e. The normalized spacial score (nSPS) is 14.3. The molecule has 3 N–H and O–H groups in total. The van der Waals surface area contributed by atoms with E-state index in [1.807, 2.05) is 24.3 Å². The highest BCUT2D eigenvalue weighted by atomic mass is 19.4. The molecule has 2 aromatic rings. The van der Waals surface area contributed by atoms with Gasteiger partial charge in [0.1, 0.15) is 11.9 Å². The van der Waals surface area contributed by atoms with Crippen molar-refractivity contribution in [3.63, 3.8) is 0 Å². The number of likely N-dealkylation sites (tertiary alicyclic amines) is 1. The number of amides is 1. The van der Waals surface area contributed by atoms with Gasteiger partial charge in [0.2, 0.25) is 0 Å². The van der Waals surface area contributed by atoms with Crippen LogP contribution in [0.4, 0.5) is 22.0 Å². The zero-order chi connectivity index (χ0) is 24.6. The van der Waals surface area contributed by atoms with E-state index in [9.17, 15) is 26.7 Å². The number of hydrogen-bond donors (Lipinski definition) is 2. The van der Waals surface area contributed by atoms with Gasteiger partial charge in [0.25, 0.3) is 5.91 Å². The van der Waals surface area contributed by atoms with Gasteiger partial charge < -0.3 is 20.5 Å². The number of hydrogen-bond acceptors (Lipinski definition) is 4. The summed E-state index contributed by atoms with van der Waals surface area (Å²) in [7, 11) is 0. The van der Waals surface area contributed by atoms with Gasteiger partial charge in [0.05, 0.1) is 0 Å². The molecule has 2 aromatic carbocycles. The fraction of sp³-hybridized carbons (Fsp3) is 0.364. The molecule has 0 aliphatic carbocycles. The number of piperidine rings is 1. The lowest BCUT2D eigenvalue weighted by molar-refractivity contribution is -0.192. The molecule has 0 spiro atoms. The minimum Gasteiger partial charge on any atom is -0.487 e. The number of nitrogens with two attached hydrogens (primary N) is 1. The molecule has 3 rings (SSSR count). The number of carbonyl (C=O) groups is 2. The maximum absolute atomic E-state index is 13.7. The number of benzene rings is 2. The van der Waals surface area contributed by atoms with Gasteiger partial charge in [0.15, 0.2) is 11.6 Å². The Morgan fingerprint density at radius 2 is 1.64 bits per heavy atom. The zero-order valence-electron chi connectivity index (χ0n) is 17.4. The molecule has 1 aliphatic heterocycles. The van der Waals surface area contributed by atoms with Gasteiger partial charge in [-0.05, 0) is 42.8 Å². The first-order valence-electron chi connectivity index (χ1n) is 10.0. The number of carbonyl (C=O) groups excluding carboxylic acids is 1. The Morgan fingerprint density at radius 3 is 2.12 bits per heavy atom. The Labute approximate surface area is 186 Å². The predicted octanol–water partition coefficient (Wildman–Crippen LogP) is 3.78. The molecular weight excluding hydrogens is 451 g/mol. The van der Waals surface area contributed by atoms with Crippen LogP contribution in [0.1, 0.15) is 28.8 Å². The first-order valence-corrected chi connectivity index (χ1v) is 10.0. The SMILES string of the molecule is NCCc1ccc(C(=O)N2CCC(Oc3ccc(F)cc3F)CC2)cc1.O=C(O)C(F)(F)F. The van der Waals surface area contributed by atoms with Gasteiger partial charge in [-0.1, -0.05) is 12.1 Å². The summed E-state index contributed by atoms with van der Waals surface area (Å²) >= 11 is 0. The number of ether oxygens (including phenoxy) is 1. The Morgan fingerprint density at radius 1 is 1.06 bits per heavy atom. The van der Waals surface area contributed by atoms with Crippen LogP contribution in [0.25, 0.3) is 0 Å². The van der Waals surface area contributed by atoms with Crippen LogP contribution >= 0.6 is 0 Å². The Kier molecular flexibility index (Phi) is 9.15. The van der Waals surface area contributed by atoms with Crippen molar-refractivity contribution in [3.8, 4) is 5.75 Å². The van der Waals surface area contributed by atoms with Crippen LogP contribution in [0.2, 0.25) is 0 Å². The Hall–Kier alpha value is -3.21. The van der Waals surface area contributed by atoms with Gasteiger partial charge in [-0.15, -0.1) is 0 Å². The van der Waals surface area contributed by atoms with Gasteiger partial charge >= 0.3 is 12.1 Å². The van der Waals surface area contributed by atoms with Crippen LogP contribution < -0.4 is 10.5 Å². The monoisotopic (exact) mass is 474 g/mol. The van der Waals surface area contributed by atoms with Crippen LogP contribution in [-0.4, -0.2) is 53.8 Å². The summed E-state index contributed by atoms with van der Waals surface area (Å²) in [5.74, 6) is -4.07. The molecule has 1 heterocycles. The number of halogens is 5. The summed E-state index contributed by atoms with van der Waals surface area (Å²) in [6, 6.07) is 10.8. The molecule has 0 saturated carbocycles. The minimum absolute atomic E-state index is 0.0179. The smallest absolute Gasteiger partial charge is 0.487 e. The van der Waals surface area contributed by atoms with E-state index >= 15 is 0 Å². The van der Waals surface area contributed by atoms with Gasteiger partial charge in [-0.25, -0.2) is 13.6 Å². The quantitative estimate of drug-likeness (QED) is 0.644. The fourth-order valence-corrected chi connectivity index (χ4v) is 3.09. The van der Waals surface area contributed by atoms with Gasteiger partial charge in [-0.2, -0.15) is 13.2 Å². The number of rotatable bonds is 5. The van der Waals surface area contributed by atoms with Gasteiger partial charge in [-0.3, -0.25) is 4.79 Å². The summed E-state index contributed by atoms with van der Waals surface area (Å²) in [5, 5.41) is 7.12. The summed E-state index contributed by atoms with van der Waals surface area (Å²) in [4.78, 5) is 23.3. The van der Waals surface area contributed by atoms with Crippen LogP contribution in [0, 0.1) is 11.6 Å². The molecule has 33 heavy (non-hydrogen) atoms. The van der Waals surface area contributed by atoms with Crippen LogP contribution in [0.5, 0.6) is 5.75 Å². The molecule has 11 heteroatoms. The molecule has 0 aromatic heterocycles. The summed E-state index contributed by atoms with van der Waals surface area (Å²) < 4.78 is 64.0. The van der Waals surface area contributed by atoms with Crippen molar-refractivity contribution < 1.29 is 41.4 Å². The zero-order valence-corrected chi connectivity index (χ0v) is 17.4. The van der Waals surface area contributed by atoms with Gasteiger partial charge in [0, 0.05) is 37.6 Å². The third kappa shape index (κ3) is 8.01. The standard InChI is InChI=1S/C20H22F2N2O2.C2HF3O2/c21-16-5-6-19(18(22)13-16)26-17-8-11-24(12-9-17)20(25)15-3-1-14(2-4-15)7-10-23;3-2(4,5)1(6)7/h1-6,13,17H,7-12,23H2;(H,6,7). The lowest BCUT2D eigenvalue weighted by Crippen LogP contribution is -2.41. The molecule has 0 bridgehead atoms. The van der Waals surface area contributed by atoms with Crippen molar-refractivity contribution in [2.45, 2.75) is 31.5 Å². The minimum atomic E-state index is -5.08. The van der Waals surface area contributed by atoms with E-state index in [1.54, 1.807) is 4.90 Å². The van der Waals surface area contributed by atoms with Crippen LogP contribution in [0.3, 0.4) is 0 Å². The molecule has 6 nitrogen and oxygen atoms in total. The molecule has 180 valence electrons. The average Bonchev–Trinajstić information content (AvgIpc) is 2.76. The lowest BCUT2D eigenvalue weighted by Gasteiger charge is -2.32. The van der Waals surface area contributed by atoms with Crippen molar-refractivity contribution in [2.75, 3.05) is 19.6 Å². The summed E-state index contributed by atoms with van der Waals surface area (Å²) in [5.41, 5.74) is 7.29. The fourth-order valence-electron chi connectivity index (χ4n) is 3.09. The van der Waals surface area contributed by atoms with E-state index in [-0.39, 0.29) is 17.8 Å². The van der Waals surface area contributed by atoms with E-state index in [1.165, 1.54) is 12.1 Å². The summed E-state index contributed by atoms with van der Waals surface area (Å²) in [6.45, 7) is 1.66. The molecule has 1 saturated heterocycles. The third-order valence-electron chi connectivity index (χ3n) is 4.79. The molecule has 0 radical (unpaired) electrons. The molecule has 1 fully saturated rings. The van der Waals surface area contributed by atoms with E-state index < -0.39 is 23.8 Å². The molecule has 1 amide bonds. The number of alkyl halides is 3. The van der Waals surface area contributed by atoms with Crippen LogP contribution in [-0.2, 0) is 11.2 Å². The number of aliphatic carboxylic acids is 1. The highest BCUT2D eigenvalue weighted by Crippen LogP contribution is 2.23. The second-order valence-electron chi connectivity index (χ2n) is 7.22. The lowest BCUT2D eigenvalue weighted by atomic mass is 10.0. The highest BCUT2D eigenvalue weighted by Gasteiger charge is 2.38. The van der Waals surface area contributed by atoms with E-state index in [0.717, 1.165) is 18.1 Å². The Balaban J connectivity index is 0.000000479. The molecule has 0 atom stereocenters. The second kappa shape index (κ2) is 11.6. The average molecular weight is 474 g/mol. The van der Waals surface area contributed by atoms with E-state index in [0.29, 0.717) is 38.0 Å². The van der Waals surface area contributed by atoms with E-state index in [4.69, 9.17) is 20.4 Å². The number of carboxylic acid groups (broad SMARTS) is 1. The first kappa shape index (κ1) is 26.0.